The molecule has 2 aromatic rings. The molecule has 1 aromatic heterocycles. The molecule has 132 valence electrons. The van der Waals surface area contributed by atoms with Gasteiger partial charge in [0.05, 0.1) is 10.6 Å². The molecule has 3 rings (SSSR count). The number of hydrogen-bond donors (Lipinski definition) is 1. The topological polar surface area (TPSA) is 45.2 Å². The van der Waals surface area contributed by atoms with Crippen LogP contribution in [0.1, 0.15) is 41.6 Å². The molecular formula is C18H19Cl2N3OS. The third-order valence-corrected chi connectivity index (χ3v) is 5.31. The lowest BCUT2D eigenvalue weighted by atomic mass is 10.1. The Morgan fingerprint density at radius 1 is 1.32 bits per heavy atom. The normalized spacial score (nSPS) is 13.6. The number of nitrogens with zero attached hydrogens (tertiary/aromatic N) is 2. The molecule has 4 nitrogen and oxygen atoms in total. The van der Waals surface area contributed by atoms with Crippen LogP contribution in [-0.2, 0) is 0 Å². The Labute approximate surface area is 162 Å². The standard InChI is InChI=1S/C18H19Cl2N3OS/c1-3-25-23(2)17-9-15(16(20)10-21-17)18(24)22-14-7-12(11-4-5-11)6-13(19)8-14/h6-11H,3-5H2,1-2H3,(H,22,24). The molecule has 7 heteroatoms. The molecule has 1 heterocycles. The highest BCUT2D eigenvalue weighted by Crippen LogP contribution is 2.42. The number of aromatic nitrogens is 1. The summed E-state index contributed by atoms with van der Waals surface area (Å²) in [6.45, 7) is 2.06. The second-order valence-electron chi connectivity index (χ2n) is 5.94. The molecule has 1 aliphatic rings. The van der Waals surface area contributed by atoms with Crippen molar-refractivity contribution in [3.63, 3.8) is 0 Å². The van der Waals surface area contributed by atoms with E-state index in [1.165, 1.54) is 24.6 Å². The summed E-state index contributed by atoms with van der Waals surface area (Å²) < 4.78 is 1.91. The number of pyridine rings is 1. The van der Waals surface area contributed by atoms with Crippen molar-refractivity contribution in [2.45, 2.75) is 25.7 Å². The Hall–Kier alpha value is -1.43. The molecule has 0 bridgehead atoms. The van der Waals surface area contributed by atoms with Crippen LogP contribution >= 0.6 is 35.1 Å². The molecule has 0 spiro atoms. The van der Waals surface area contributed by atoms with Crippen LogP contribution < -0.4 is 9.62 Å². The molecule has 1 N–H and O–H groups in total. The van der Waals surface area contributed by atoms with Crippen molar-refractivity contribution in [2.75, 3.05) is 22.4 Å². The van der Waals surface area contributed by atoms with Gasteiger partial charge in [-0.05, 0) is 60.5 Å². The molecule has 0 radical (unpaired) electrons. The predicted octanol–water partition coefficient (Wildman–Crippen LogP) is 5.62. The lowest BCUT2D eigenvalue weighted by Gasteiger charge is -2.17. The van der Waals surface area contributed by atoms with Crippen molar-refractivity contribution < 1.29 is 4.79 Å². The van der Waals surface area contributed by atoms with E-state index in [2.05, 4.69) is 17.2 Å². The van der Waals surface area contributed by atoms with Crippen molar-refractivity contribution in [3.05, 3.63) is 51.6 Å². The van der Waals surface area contributed by atoms with Crippen molar-refractivity contribution in [1.29, 1.82) is 0 Å². The van der Waals surface area contributed by atoms with Gasteiger partial charge in [-0.3, -0.25) is 4.79 Å². The minimum atomic E-state index is -0.271. The number of nitrogens with one attached hydrogen (secondary N) is 1. The number of rotatable bonds is 6. The molecular weight excluding hydrogens is 377 g/mol. The SMILES string of the molecule is CCSN(C)c1cc(C(=O)Nc2cc(Cl)cc(C3CC3)c2)c(Cl)cn1. The Morgan fingerprint density at radius 3 is 2.76 bits per heavy atom. The molecule has 1 aliphatic carbocycles. The van der Waals surface area contributed by atoms with Gasteiger partial charge in [-0.1, -0.05) is 30.1 Å². The van der Waals surface area contributed by atoms with Gasteiger partial charge in [-0.2, -0.15) is 0 Å². The summed E-state index contributed by atoms with van der Waals surface area (Å²) in [6.07, 6.45) is 3.86. The highest BCUT2D eigenvalue weighted by Gasteiger charge is 2.24. The van der Waals surface area contributed by atoms with Crippen molar-refractivity contribution >= 4 is 52.6 Å². The molecule has 0 aliphatic heterocycles. The first-order valence-corrected chi connectivity index (χ1v) is 9.81. The summed E-state index contributed by atoms with van der Waals surface area (Å²) in [5.74, 6) is 1.89. The molecule has 1 aromatic carbocycles. The summed E-state index contributed by atoms with van der Waals surface area (Å²) in [5.41, 5.74) is 2.25. The van der Waals surface area contributed by atoms with Crippen LogP contribution in [0.4, 0.5) is 11.5 Å². The first-order chi connectivity index (χ1) is 12.0. The zero-order chi connectivity index (χ0) is 18.0. The van der Waals surface area contributed by atoms with E-state index in [0.29, 0.717) is 33.0 Å². The quantitative estimate of drug-likeness (QED) is 0.644. The largest absolute Gasteiger partial charge is 0.322 e. The van der Waals surface area contributed by atoms with Crippen LogP contribution in [0.3, 0.4) is 0 Å². The molecule has 25 heavy (non-hydrogen) atoms. The highest BCUT2D eigenvalue weighted by molar-refractivity contribution is 8.00. The van der Waals surface area contributed by atoms with Gasteiger partial charge in [0.1, 0.15) is 5.82 Å². The van der Waals surface area contributed by atoms with Crippen LogP contribution in [0.2, 0.25) is 10.0 Å². The number of benzene rings is 1. The van der Waals surface area contributed by atoms with Gasteiger partial charge in [-0.15, -0.1) is 0 Å². The maximum Gasteiger partial charge on any atom is 0.257 e. The first-order valence-electron chi connectivity index (χ1n) is 8.12. The number of anilines is 2. The second-order valence-corrected chi connectivity index (χ2v) is 8.17. The maximum absolute atomic E-state index is 12.7. The average Bonchev–Trinajstić information content (AvgIpc) is 3.39. The van der Waals surface area contributed by atoms with E-state index >= 15 is 0 Å². The molecule has 1 amide bonds. The molecule has 1 saturated carbocycles. The maximum atomic E-state index is 12.7. The van der Waals surface area contributed by atoms with Gasteiger partial charge in [-0.25, -0.2) is 4.98 Å². The highest BCUT2D eigenvalue weighted by atomic mass is 35.5. The lowest BCUT2D eigenvalue weighted by molar-refractivity contribution is 0.102. The minimum absolute atomic E-state index is 0.271. The summed E-state index contributed by atoms with van der Waals surface area (Å²) in [4.78, 5) is 17.0. The fourth-order valence-corrected chi connectivity index (χ4v) is 3.62. The monoisotopic (exact) mass is 395 g/mol. The predicted molar refractivity (Wildman–Crippen MR) is 107 cm³/mol. The average molecular weight is 396 g/mol. The number of hydrogen-bond acceptors (Lipinski definition) is 4. The van der Waals surface area contributed by atoms with Gasteiger partial charge in [0.25, 0.3) is 5.91 Å². The third kappa shape index (κ3) is 4.60. The van der Waals surface area contributed by atoms with Crippen LogP contribution in [0.25, 0.3) is 0 Å². The van der Waals surface area contributed by atoms with Crippen molar-refractivity contribution in [2.24, 2.45) is 0 Å². The lowest BCUT2D eigenvalue weighted by Crippen LogP contribution is -2.15. The Balaban J connectivity index is 1.82. The summed E-state index contributed by atoms with van der Waals surface area (Å²) in [5, 5.41) is 3.85. The number of carbonyl (C=O) groups is 1. The van der Waals surface area contributed by atoms with E-state index in [1.807, 2.05) is 23.5 Å². The zero-order valence-corrected chi connectivity index (χ0v) is 16.4. The third-order valence-electron chi connectivity index (χ3n) is 3.96. The van der Waals surface area contributed by atoms with Crippen LogP contribution in [-0.4, -0.2) is 23.7 Å². The molecule has 0 unspecified atom stereocenters. The van der Waals surface area contributed by atoms with Crippen molar-refractivity contribution in [1.82, 2.24) is 4.98 Å². The fourth-order valence-electron chi connectivity index (χ4n) is 2.57. The second kappa shape index (κ2) is 7.85. The van der Waals surface area contributed by atoms with E-state index in [-0.39, 0.29) is 5.91 Å². The van der Waals surface area contributed by atoms with Crippen LogP contribution in [0.5, 0.6) is 0 Å². The summed E-state index contributed by atoms with van der Waals surface area (Å²) in [7, 11) is 1.91. The van der Waals surface area contributed by atoms with Crippen LogP contribution in [0, 0.1) is 0 Å². The number of carbonyl (C=O) groups excluding carboxylic acids is 1. The van der Waals surface area contributed by atoms with E-state index in [9.17, 15) is 4.79 Å². The summed E-state index contributed by atoms with van der Waals surface area (Å²) >= 11 is 14.0. The zero-order valence-electron chi connectivity index (χ0n) is 14.1. The molecule has 0 atom stereocenters. The smallest absolute Gasteiger partial charge is 0.257 e. The summed E-state index contributed by atoms with van der Waals surface area (Å²) in [6, 6.07) is 7.40. The fraction of sp³-hybridized carbons (Fsp3) is 0.333. The van der Waals surface area contributed by atoms with E-state index < -0.39 is 0 Å². The van der Waals surface area contributed by atoms with Crippen LogP contribution in [0.15, 0.2) is 30.5 Å². The number of halogens is 2. The van der Waals surface area contributed by atoms with Crippen molar-refractivity contribution in [3.8, 4) is 0 Å². The Kier molecular flexibility index (Phi) is 5.77. The Bertz CT molecular complexity index is 796. The van der Waals surface area contributed by atoms with Gasteiger partial charge >= 0.3 is 0 Å². The van der Waals surface area contributed by atoms with Gasteiger partial charge in [0.15, 0.2) is 0 Å². The van der Waals surface area contributed by atoms with Gasteiger partial charge < -0.3 is 9.62 Å². The van der Waals surface area contributed by atoms with E-state index in [0.717, 1.165) is 5.75 Å². The van der Waals surface area contributed by atoms with Gasteiger partial charge in [0, 0.05) is 29.7 Å². The molecule has 1 fully saturated rings. The number of amides is 1. The Morgan fingerprint density at radius 2 is 2.08 bits per heavy atom. The first kappa shape index (κ1) is 18.4. The molecule has 0 saturated heterocycles. The van der Waals surface area contributed by atoms with E-state index in [4.69, 9.17) is 23.2 Å². The minimum Gasteiger partial charge on any atom is -0.322 e. The van der Waals surface area contributed by atoms with E-state index in [1.54, 1.807) is 24.1 Å². The van der Waals surface area contributed by atoms with Gasteiger partial charge in [0.2, 0.25) is 0 Å².